The lowest BCUT2D eigenvalue weighted by molar-refractivity contribution is 0.0939. The van der Waals surface area contributed by atoms with Crippen LogP contribution in [0.4, 0.5) is 4.39 Å². The van der Waals surface area contributed by atoms with Gasteiger partial charge in [-0.25, -0.2) is 4.39 Å². The normalized spacial score (nSPS) is 11.7. The van der Waals surface area contributed by atoms with Gasteiger partial charge in [-0.15, -0.1) is 0 Å². The molecule has 0 fully saturated rings. The van der Waals surface area contributed by atoms with Gasteiger partial charge in [0.25, 0.3) is 5.91 Å². The molecule has 0 aliphatic rings. The van der Waals surface area contributed by atoms with Gasteiger partial charge >= 0.3 is 0 Å². The summed E-state index contributed by atoms with van der Waals surface area (Å²) in [5, 5.41) is 11.9. The Morgan fingerprint density at radius 3 is 2.44 bits per heavy atom. The minimum atomic E-state index is -0.336. The number of nitrogens with one attached hydrogen (secondary N) is 1. The molecular formula is C22H20FN3O. The lowest BCUT2D eigenvalue weighted by atomic mass is 10.1. The van der Waals surface area contributed by atoms with Gasteiger partial charge < -0.3 is 9.88 Å². The van der Waals surface area contributed by atoms with Crippen molar-refractivity contribution in [3.8, 4) is 11.8 Å². The highest BCUT2D eigenvalue weighted by atomic mass is 19.1. The molecule has 3 aromatic rings. The van der Waals surface area contributed by atoms with Crippen molar-refractivity contribution in [2.75, 3.05) is 0 Å². The van der Waals surface area contributed by atoms with Crippen LogP contribution in [0.1, 0.15) is 45.8 Å². The third-order valence-corrected chi connectivity index (χ3v) is 4.66. The number of carbonyl (C=O) groups is 1. The monoisotopic (exact) mass is 361 g/mol. The lowest BCUT2D eigenvalue weighted by Crippen LogP contribution is -2.27. The van der Waals surface area contributed by atoms with Crippen molar-refractivity contribution in [3.05, 3.63) is 88.5 Å². The Balaban J connectivity index is 1.86. The van der Waals surface area contributed by atoms with Crippen molar-refractivity contribution in [2.45, 2.75) is 26.8 Å². The van der Waals surface area contributed by atoms with Crippen LogP contribution in [0.15, 0.2) is 54.6 Å². The number of hydrogen-bond acceptors (Lipinski definition) is 2. The molecule has 1 aromatic heterocycles. The summed E-state index contributed by atoms with van der Waals surface area (Å²) in [6, 6.07) is 17.2. The van der Waals surface area contributed by atoms with Crippen LogP contribution < -0.4 is 5.32 Å². The predicted octanol–water partition coefficient (Wildman–Crippen LogP) is 4.60. The molecule has 5 heteroatoms. The van der Waals surface area contributed by atoms with Crippen molar-refractivity contribution in [1.29, 1.82) is 5.26 Å². The number of halogens is 1. The van der Waals surface area contributed by atoms with Gasteiger partial charge in [0.05, 0.1) is 28.9 Å². The van der Waals surface area contributed by atoms with Gasteiger partial charge in [-0.3, -0.25) is 4.79 Å². The smallest absolute Gasteiger partial charge is 0.253 e. The van der Waals surface area contributed by atoms with E-state index in [1.54, 1.807) is 47.9 Å². The van der Waals surface area contributed by atoms with Gasteiger partial charge in [0.1, 0.15) is 5.82 Å². The van der Waals surface area contributed by atoms with E-state index in [-0.39, 0.29) is 17.8 Å². The summed E-state index contributed by atoms with van der Waals surface area (Å²) in [4.78, 5) is 12.8. The van der Waals surface area contributed by atoms with E-state index in [0.29, 0.717) is 22.5 Å². The molecule has 0 aliphatic carbocycles. The van der Waals surface area contributed by atoms with Crippen LogP contribution in [-0.4, -0.2) is 10.5 Å². The topological polar surface area (TPSA) is 57.8 Å². The van der Waals surface area contributed by atoms with E-state index >= 15 is 0 Å². The van der Waals surface area contributed by atoms with Crippen LogP contribution >= 0.6 is 0 Å². The molecule has 1 amide bonds. The molecule has 0 radical (unpaired) electrons. The largest absolute Gasteiger partial charge is 0.345 e. The molecule has 3 rings (SSSR count). The first kappa shape index (κ1) is 18.4. The summed E-state index contributed by atoms with van der Waals surface area (Å²) in [5.74, 6) is -0.556. The zero-order valence-electron chi connectivity index (χ0n) is 15.5. The minimum Gasteiger partial charge on any atom is -0.345 e. The summed E-state index contributed by atoms with van der Waals surface area (Å²) >= 11 is 0. The number of aryl methyl sites for hydroxylation is 1. The number of nitriles is 1. The first-order valence-electron chi connectivity index (χ1n) is 8.67. The second-order valence-corrected chi connectivity index (χ2v) is 6.50. The van der Waals surface area contributed by atoms with Crippen LogP contribution in [0.2, 0.25) is 0 Å². The predicted molar refractivity (Wildman–Crippen MR) is 102 cm³/mol. The maximum absolute atomic E-state index is 14.2. The third-order valence-electron chi connectivity index (χ3n) is 4.66. The van der Waals surface area contributed by atoms with E-state index in [1.807, 2.05) is 26.0 Å². The Bertz CT molecular complexity index is 1030. The molecular weight excluding hydrogens is 341 g/mol. The fourth-order valence-electron chi connectivity index (χ4n) is 3.20. The molecule has 1 heterocycles. The molecule has 4 nitrogen and oxygen atoms in total. The number of hydrogen-bond donors (Lipinski definition) is 1. The summed E-state index contributed by atoms with van der Waals surface area (Å²) in [7, 11) is 0. The van der Waals surface area contributed by atoms with Crippen molar-refractivity contribution >= 4 is 5.91 Å². The Morgan fingerprint density at radius 2 is 1.81 bits per heavy atom. The first-order valence-corrected chi connectivity index (χ1v) is 8.67. The summed E-state index contributed by atoms with van der Waals surface area (Å²) < 4.78 is 15.9. The number of aromatic nitrogens is 1. The molecule has 0 bridgehead atoms. The van der Waals surface area contributed by atoms with Crippen LogP contribution in [0.25, 0.3) is 5.69 Å². The molecule has 1 atom stereocenters. The molecule has 27 heavy (non-hydrogen) atoms. The third kappa shape index (κ3) is 3.61. The van der Waals surface area contributed by atoms with E-state index < -0.39 is 0 Å². The molecule has 0 saturated heterocycles. The van der Waals surface area contributed by atoms with Gasteiger partial charge in [0, 0.05) is 11.4 Å². The molecule has 1 N–H and O–H groups in total. The van der Waals surface area contributed by atoms with Gasteiger partial charge in [0.15, 0.2) is 0 Å². The zero-order chi connectivity index (χ0) is 19.6. The molecule has 2 aromatic carbocycles. The Hall–Kier alpha value is -3.39. The Labute approximate surface area is 157 Å². The van der Waals surface area contributed by atoms with E-state index in [0.717, 1.165) is 11.3 Å². The first-order chi connectivity index (χ1) is 12.9. The molecule has 0 saturated carbocycles. The number of carbonyl (C=O) groups excluding carboxylic acids is 1. The summed E-state index contributed by atoms with van der Waals surface area (Å²) in [6.07, 6.45) is 0. The van der Waals surface area contributed by atoms with Gasteiger partial charge in [-0.2, -0.15) is 5.26 Å². The number of para-hydroxylation sites is 1. The maximum Gasteiger partial charge on any atom is 0.253 e. The molecule has 0 spiro atoms. The Kier molecular flexibility index (Phi) is 5.09. The molecule has 0 aliphatic heterocycles. The Morgan fingerprint density at radius 1 is 1.15 bits per heavy atom. The SMILES string of the molecule is Cc1cc(C(=O)NC(C)c2ccc(C#N)cc2)c(C)n1-c1ccccc1F. The van der Waals surface area contributed by atoms with Crippen molar-refractivity contribution in [1.82, 2.24) is 9.88 Å². The van der Waals surface area contributed by atoms with Gasteiger partial charge in [0.2, 0.25) is 0 Å². The highest BCUT2D eigenvalue weighted by molar-refractivity contribution is 5.96. The van der Waals surface area contributed by atoms with Gasteiger partial charge in [-0.1, -0.05) is 24.3 Å². The molecule has 1 unspecified atom stereocenters. The van der Waals surface area contributed by atoms with Crippen LogP contribution in [0.3, 0.4) is 0 Å². The fourth-order valence-corrected chi connectivity index (χ4v) is 3.20. The van der Waals surface area contributed by atoms with Crippen LogP contribution in [0.5, 0.6) is 0 Å². The average molecular weight is 361 g/mol. The maximum atomic E-state index is 14.2. The van der Waals surface area contributed by atoms with Crippen molar-refractivity contribution in [3.63, 3.8) is 0 Å². The van der Waals surface area contributed by atoms with Gasteiger partial charge in [-0.05, 0) is 56.7 Å². The fraction of sp³-hybridized carbons (Fsp3) is 0.182. The highest BCUT2D eigenvalue weighted by Gasteiger charge is 2.19. The summed E-state index contributed by atoms with van der Waals surface area (Å²) in [6.45, 7) is 5.54. The number of rotatable bonds is 4. The average Bonchev–Trinajstić information content (AvgIpc) is 2.96. The molecule has 136 valence electrons. The number of amides is 1. The van der Waals surface area contributed by atoms with Crippen LogP contribution in [0, 0.1) is 31.0 Å². The van der Waals surface area contributed by atoms with E-state index in [9.17, 15) is 9.18 Å². The quantitative estimate of drug-likeness (QED) is 0.738. The van der Waals surface area contributed by atoms with E-state index in [2.05, 4.69) is 11.4 Å². The second-order valence-electron chi connectivity index (χ2n) is 6.50. The highest BCUT2D eigenvalue weighted by Crippen LogP contribution is 2.23. The van der Waals surface area contributed by atoms with Crippen LogP contribution in [-0.2, 0) is 0 Å². The second kappa shape index (κ2) is 7.46. The summed E-state index contributed by atoms with van der Waals surface area (Å²) in [5.41, 5.74) is 3.88. The van der Waals surface area contributed by atoms with E-state index in [1.165, 1.54) is 6.07 Å². The van der Waals surface area contributed by atoms with E-state index in [4.69, 9.17) is 5.26 Å². The minimum absolute atomic E-state index is 0.220. The van der Waals surface area contributed by atoms with Crippen molar-refractivity contribution < 1.29 is 9.18 Å². The zero-order valence-corrected chi connectivity index (χ0v) is 15.5. The van der Waals surface area contributed by atoms with Crippen molar-refractivity contribution in [2.24, 2.45) is 0 Å². The lowest BCUT2D eigenvalue weighted by Gasteiger charge is -2.15. The standard InChI is InChI=1S/C22H20FN3O/c1-14-12-19(16(3)26(14)21-7-5-4-6-20(21)23)22(27)25-15(2)18-10-8-17(13-24)9-11-18/h4-12,15H,1-3H3,(H,25,27). The number of nitrogens with zero attached hydrogens (tertiary/aromatic N) is 2. The number of benzene rings is 2.